The zero-order valence-corrected chi connectivity index (χ0v) is 15.2. The van der Waals surface area contributed by atoms with Crippen LogP contribution in [0.25, 0.3) is 0 Å². The van der Waals surface area contributed by atoms with Crippen molar-refractivity contribution in [1.82, 2.24) is 9.80 Å². The molecule has 2 N–H and O–H groups in total. The molecule has 2 aliphatic heterocycles. The molecule has 3 unspecified atom stereocenters. The molecular formula is C18H29N3O4. The number of hydrogen-bond donors (Lipinski definition) is 1. The summed E-state index contributed by atoms with van der Waals surface area (Å²) in [5.41, 5.74) is 5.60. The minimum Gasteiger partial charge on any atom is -0.330 e. The number of hydrogen-bond acceptors (Lipinski definition) is 5. The minimum atomic E-state index is -0.252. The van der Waals surface area contributed by atoms with Crippen LogP contribution < -0.4 is 5.73 Å². The van der Waals surface area contributed by atoms with Gasteiger partial charge in [-0.05, 0) is 38.1 Å². The maximum Gasteiger partial charge on any atom is 0.232 e. The first-order chi connectivity index (χ1) is 11.9. The summed E-state index contributed by atoms with van der Waals surface area (Å²) in [4.78, 5) is 51.0. The van der Waals surface area contributed by atoms with E-state index in [1.165, 1.54) is 9.80 Å². The molecule has 7 nitrogen and oxygen atoms in total. The van der Waals surface area contributed by atoms with Crippen molar-refractivity contribution in [3.05, 3.63) is 0 Å². The second-order valence-electron chi connectivity index (χ2n) is 7.26. The van der Waals surface area contributed by atoms with Crippen LogP contribution in [-0.4, -0.2) is 53.1 Å². The monoisotopic (exact) mass is 351 g/mol. The lowest BCUT2D eigenvalue weighted by atomic mass is 9.94. The first-order valence-corrected chi connectivity index (χ1v) is 9.27. The van der Waals surface area contributed by atoms with Gasteiger partial charge < -0.3 is 5.73 Å². The van der Waals surface area contributed by atoms with Gasteiger partial charge in [0.15, 0.2) is 0 Å². The highest BCUT2D eigenvalue weighted by Crippen LogP contribution is 2.26. The Balaban J connectivity index is 1.76. The third-order valence-electron chi connectivity index (χ3n) is 5.27. The van der Waals surface area contributed by atoms with Gasteiger partial charge in [-0.15, -0.1) is 0 Å². The standard InChI is InChI=1S/C18H29N3O4/c1-3-13-9-15(22)20(17(13)24)6-4-5-7-21-16(23)10-14(18(21)25)8-12(2)11-19/h12-14H,3-11,19H2,1-2H3. The fourth-order valence-electron chi connectivity index (χ4n) is 3.60. The van der Waals surface area contributed by atoms with E-state index in [-0.39, 0.29) is 47.8 Å². The van der Waals surface area contributed by atoms with Crippen LogP contribution in [0.5, 0.6) is 0 Å². The number of nitrogens with two attached hydrogens (primary N) is 1. The van der Waals surface area contributed by atoms with Crippen molar-refractivity contribution in [2.24, 2.45) is 23.5 Å². The summed E-state index contributed by atoms with van der Waals surface area (Å²) in [6, 6.07) is 0. The lowest BCUT2D eigenvalue weighted by Gasteiger charge is -2.18. The number of rotatable bonds is 9. The molecule has 0 saturated carbocycles. The third-order valence-corrected chi connectivity index (χ3v) is 5.27. The molecule has 0 aromatic carbocycles. The minimum absolute atomic E-state index is 0.0864. The van der Waals surface area contributed by atoms with Crippen LogP contribution >= 0.6 is 0 Å². The van der Waals surface area contributed by atoms with Crippen molar-refractivity contribution in [2.45, 2.75) is 52.4 Å². The maximum absolute atomic E-state index is 12.3. The average Bonchev–Trinajstić information content (AvgIpc) is 3.01. The Morgan fingerprint density at radius 2 is 1.44 bits per heavy atom. The van der Waals surface area contributed by atoms with E-state index in [9.17, 15) is 19.2 Å². The van der Waals surface area contributed by atoms with Crippen LogP contribution in [0.2, 0.25) is 0 Å². The van der Waals surface area contributed by atoms with E-state index in [0.29, 0.717) is 51.7 Å². The average molecular weight is 351 g/mol. The summed E-state index contributed by atoms with van der Waals surface area (Å²) in [6.45, 7) is 5.13. The normalized spacial score (nSPS) is 25.4. The van der Waals surface area contributed by atoms with E-state index >= 15 is 0 Å². The molecule has 3 atom stereocenters. The molecule has 2 saturated heterocycles. The molecule has 4 amide bonds. The molecule has 0 spiro atoms. The van der Waals surface area contributed by atoms with Gasteiger partial charge in [-0.3, -0.25) is 29.0 Å². The van der Waals surface area contributed by atoms with Crippen LogP contribution in [0.15, 0.2) is 0 Å². The van der Waals surface area contributed by atoms with Gasteiger partial charge >= 0.3 is 0 Å². The third kappa shape index (κ3) is 4.45. The number of likely N-dealkylation sites (tertiary alicyclic amines) is 2. The predicted octanol–water partition coefficient (Wildman–Crippen LogP) is 0.912. The van der Waals surface area contributed by atoms with Crippen LogP contribution in [-0.2, 0) is 19.2 Å². The van der Waals surface area contributed by atoms with E-state index in [0.717, 1.165) is 0 Å². The zero-order valence-electron chi connectivity index (χ0n) is 15.2. The number of imide groups is 2. The van der Waals surface area contributed by atoms with Crippen molar-refractivity contribution >= 4 is 23.6 Å². The quantitative estimate of drug-likeness (QED) is 0.491. The van der Waals surface area contributed by atoms with Crippen molar-refractivity contribution in [1.29, 1.82) is 0 Å². The second kappa shape index (κ2) is 8.56. The molecule has 25 heavy (non-hydrogen) atoms. The number of unbranched alkanes of at least 4 members (excludes halogenated alkanes) is 1. The molecular weight excluding hydrogens is 322 g/mol. The summed E-state index contributed by atoms with van der Waals surface area (Å²) < 4.78 is 0. The van der Waals surface area contributed by atoms with Crippen molar-refractivity contribution in [3.63, 3.8) is 0 Å². The fourth-order valence-corrected chi connectivity index (χ4v) is 3.60. The highest BCUT2D eigenvalue weighted by atomic mass is 16.2. The van der Waals surface area contributed by atoms with Crippen molar-refractivity contribution in [2.75, 3.05) is 19.6 Å². The zero-order chi connectivity index (χ0) is 18.6. The van der Waals surface area contributed by atoms with Gasteiger partial charge in [-0.25, -0.2) is 0 Å². The molecule has 140 valence electrons. The van der Waals surface area contributed by atoms with Crippen molar-refractivity contribution in [3.8, 4) is 0 Å². The number of nitrogens with zero attached hydrogens (tertiary/aromatic N) is 2. The molecule has 2 heterocycles. The lowest BCUT2D eigenvalue weighted by molar-refractivity contribution is -0.141. The van der Waals surface area contributed by atoms with Gasteiger partial charge in [0.1, 0.15) is 0 Å². The van der Waals surface area contributed by atoms with Gasteiger partial charge in [0.25, 0.3) is 0 Å². The Bertz CT molecular complexity index is 548. The first-order valence-electron chi connectivity index (χ1n) is 9.27. The van der Waals surface area contributed by atoms with Crippen LogP contribution in [0.3, 0.4) is 0 Å². The van der Waals surface area contributed by atoms with Gasteiger partial charge in [-0.1, -0.05) is 13.8 Å². The summed E-state index contributed by atoms with van der Waals surface area (Å²) in [5, 5.41) is 0. The van der Waals surface area contributed by atoms with Crippen LogP contribution in [0.1, 0.15) is 52.4 Å². The first kappa shape index (κ1) is 19.6. The molecule has 7 heteroatoms. The van der Waals surface area contributed by atoms with Crippen LogP contribution in [0, 0.1) is 17.8 Å². The number of amides is 4. The molecule has 0 bridgehead atoms. The van der Waals surface area contributed by atoms with E-state index in [1.54, 1.807) is 0 Å². The Morgan fingerprint density at radius 1 is 0.960 bits per heavy atom. The topological polar surface area (TPSA) is 101 Å². The molecule has 2 aliphatic rings. The van der Waals surface area contributed by atoms with Gasteiger partial charge in [0.2, 0.25) is 23.6 Å². The second-order valence-corrected chi connectivity index (χ2v) is 7.26. The van der Waals surface area contributed by atoms with Crippen LogP contribution in [0.4, 0.5) is 0 Å². The molecule has 2 rings (SSSR count). The van der Waals surface area contributed by atoms with Crippen molar-refractivity contribution < 1.29 is 19.2 Å². The van der Waals surface area contributed by atoms with Gasteiger partial charge in [0.05, 0.1) is 0 Å². The SMILES string of the molecule is CCC1CC(=O)N(CCCCN2C(=O)CC(CC(C)CN)C2=O)C1=O. The summed E-state index contributed by atoms with van der Waals surface area (Å²) >= 11 is 0. The summed E-state index contributed by atoms with van der Waals surface area (Å²) in [6.07, 6.45) is 3.11. The smallest absolute Gasteiger partial charge is 0.232 e. The molecule has 0 aliphatic carbocycles. The maximum atomic E-state index is 12.3. The number of carbonyl (C=O) groups is 4. The molecule has 2 fully saturated rings. The molecule has 0 aromatic rings. The summed E-state index contributed by atoms with van der Waals surface area (Å²) in [7, 11) is 0. The Morgan fingerprint density at radius 3 is 1.88 bits per heavy atom. The molecule has 0 radical (unpaired) electrons. The lowest BCUT2D eigenvalue weighted by Crippen LogP contribution is -2.34. The van der Waals surface area contributed by atoms with Gasteiger partial charge in [-0.2, -0.15) is 0 Å². The number of carbonyl (C=O) groups excluding carboxylic acids is 4. The van der Waals surface area contributed by atoms with E-state index in [4.69, 9.17) is 5.73 Å². The fraction of sp³-hybridized carbons (Fsp3) is 0.778. The summed E-state index contributed by atoms with van der Waals surface area (Å²) in [5.74, 6) is -0.640. The van der Waals surface area contributed by atoms with Gasteiger partial charge in [0, 0.05) is 37.8 Å². The Kier molecular flexibility index (Phi) is 6.70. The largest absolute Gasteiger partial charge is 0.330 e. The Hall–Kier alpha value is -1.76. The highest BCUT2D eigenvalue weighted by Gasteiger charge is 2.39. The highest BCUT2D eigenvalue weighted by molar-refractivity contribution is 6.04. The van der Waals surface area contributed by atoms with E-state index < -0.39 is 0 Å². The predicted molar refractivity (Wildman–Crippen MR) is 92.0 cm³/mol. The molecule has 0 aromatic heterocycles. The van der Waals surface area contributed by atoms with E-state index in [1.807, 2.05) is 13.8 Å². The van der Waals surface area contributed by atoms with E-state index in [2.05, 4.69) is 0 Å². The Labute approximate surface area is 148 Å².